The standard InChI is InChI=1S/C22H18N2O3S2/c1-14-19(21(26)27-2)17(11-10-15-7-4-3-5-8-15)24-20(25)18(29-22(24)23-14)13-16-9-6-12-28-16/h3-13,17H,1-2H3/b11-10+,18-13-/t17-/m0/s1. The highest BCUT2D eigenvalue weighted by Gasteiger charge is 2.29. The van der Waals surface area contributed by atoms with E-state index < -0.39 is 12.0 Å². The maximum absolute atomic E-state index is 13.2. The summed E-state index contributed by atoms with van der Waals surface area (Å²) in [4.78, 5) is 31.8. The Morgan fingerprint density at radius 2 is 2.00 bits per heavy atom. The van der Waals surface area contributed by atoms with Crippen molar-refractivity contribution >= 4 is 40.8 Å². The van der Waals surface area contributed by atoms with E-state index in [4.69, 9.17) is 4.74 Å². The molecular weight excluding hydrogens is 404 g/mol. The first-order valence-corrected chi connectivity index (χ1v) is 10.7. The van der Waals surface area contributed by atoms with Crippen molar-refractivity contribution in [3.63, 3.8) is 0 Å². The average molecular weight is 423 g/mol. The summed E-state index contributed by atoms with van der Waals surface area (Å²) in [5, 5.41) is 1.97. The van der Waals surface area contributed by atoms with Crippen molar-refractivity contribution in [3.05, 3.63) is 95.3 Å². The predicted octanol–water partition coefficient (Wildman–Crippen LogP) is 3.13. The molecule has 2 aromatic heterocycles. The largest absolute Gasteiger partial charge is 0.466 e. The van der Waals surface area contributed by atoms with E-state index in [1.165, 1.54) is 18.4 Å². The van der Waals surface area contributed by atoms with Crippen LogP contribution < -0.4 is 14.9 Å². The Hall–Kier alpha value is -3.03. The summed E-state index contributed by atoms with van der Waals surface area (Å²) in [7, 11) is 1.34. The molecule has 7 heteroatoms. The Kier molecular flexibility index (Phi) is 5.42. The van der Waals surface area contributed by atoms with Gasteiger partial charge in [0.1, 0.15) is 0 Å². The van der Waals surface area contributed by atoms with E-state index in [0.717, 1.165) is 10.4 Å². The fourth-order valence-electron chi connectivity index (χ4n) is 3.19. The van der Waals surface area contributed by atoms with Crippen molar-refractivity contribution in [1.29, 1.82) is 0 Å². The summed E-state index contributed by atoms with van der Waals surface area (Å²) in [5.74, 6) is -0.485. The topological polar surface area (TPSA) is 60.7 Å². The molecule has 0 radical (unpaired) electrons. The number of hydrogen-bond acceptors (Lipinski definition) is 6. The molecule has 0 bridgehead atoms. The van der Waals surface area contributed by atoms with Crippen LogP contribution in [0.1, 0.15) is 23.4 Å². The molecule has 0 amide bonds. The monoisotopic (exact) mass is 422 g/mol. The first-order valence-electron chi connectivity index (χ1n) is 8.96. The van der Waals surface area contributed by atoms with E-state index in [0.29, 0.717) is 20.6 Å². The molecule has 3 aromatic rings. The van der Waals surface area contributed by atoms with Gasteiger partial charge in [0, 0.05) is 4.88 Å². The van der Waals surface area contributed by atoms with Crippen LogP contribution >= 0.6 is 22.7 Å². The van der Waals surface area contributed by atoms with Gasteiger partial charge >= 0.3 is 5.97 Å². The molecular formula is C22H18N2O3S2. The Bertz CT molecular complexity index is 1280. The summed E-state index contributed by atoms with van der Waals surface area (Å²) in [6.07, 6.45) is 5.62. The number of benzene rings is 1. The van der Waals surface area contributed by atoms with Crippen LogP contribution in [0.2, 0.25) is 0 Å². The number of rotatable bonds is 4. The fourth-order valence-corrected chi connectivity index (χ4v) is 4.96. The van der Waals surface area contributed by atoms with Crippen LogP contribution in [0, 0.1) is 0 Å². The van der Waals surface area contributed by atoms with Gasteiger partial charge in [0.25, 0.3) is 5.56 Å². The highest BCUT2D eigenvalue weighted by Crippen LogP contribution is 2.26. The third kappa shape index (κ3) is 3.79. The molecule has 0 N–H and O–H groups in total. The summed E-state index contributed by atoms with van der Waals surface area (Å²) in [6.45, 7) is 1.77. The van der Waals surface area contributed by atoms with Gasteiger partial charge in [0.15, 0.2) is 4.80 Å². The highest BCUT2D eigenvalue weighted by atomic mass is 32.1. The minimum absolute atomic E-state index is 0.168. The van der Waals surface area contributed by atoms with Crippen molar-refractivity contribution in [3.8, 4) is 0 Å². The van der Waals surface area contributed by atoms with Gasteiger partial charge in [0.05, 0.1) is 29.0 Å². The van der Waals surface area contributed by atoms with Crippen molar-refractivity contribution in [2.75, 3.05) is 7.11 Å². The van der Waals surface area contributed by atoms with E-state index in [1.54, 1.807) is 22.8 Å². The quantitative estimate of drug-likeness (QED) is 0.607. The third-order valence-corrected chi connectivity index (χ3v) is 6.36. The first-order chi connectivity index (χ1) is 14.1. The van der Waals surface area contributed by atoms with E-state index in [1.807, 2.05) is 66.1 Å². The van der Waals surface area contributed by atoms with Crippen LogP contribution in [-0.4, -0.2) is 17.6 Å². The maximum atomic E-state index is 13.2. The molecule has 0 saturated carbocycles. The van der Waals surface area contributed by atoms with Gasteiger partial charge in [-0.3, -0.25) is 9.36 Å². The van der Waals surface area contributed by atoms with Gasteiger partial charge < -0.3 is 4.74 Å². The van der Waals surface area contributed by atoms with Gasteiger partial charge in [-0.2, -0.15) is 0 Å². The van der Waals surface area contributed by atoms with E-state index >= 15 is 0 Å². The van der Waals surface area contributed by atoms with Crippen LogP contribution in [-0.2, 0) is 9.53 Å². The number of esters is 1. The second-order valence-electron chi connectivity index (χ2n) is 6.40. The Balaban J connectivity index is 1.89. The molecule has 1 atom stereocenters. The lowest BCUT2D eigenvalue weighted by molar-refractivity contribution is -0.136. The van der Waals surface area contributed by atoms with Crippen molar-refractivity contribution in [2.45, 2.75) is 13.0 Å². The summed E-state index contributed by atoms with van der Waals surface area (Å²) >= 11 is 2.89. The fraction of sp³-hybridized carbons (Fsp3) is 0.136. The molecule has 1 aliphatic rings. The number of aromatic nitrogens is 1. The van der Waals surface area contributed by atoms with Crippen LogP contribution in [0.4, 0.5) is 0 Å². The molecule has 0 unspecified atom stereocenters. The number of carbonyl (C=O) groups is 1. The summed E-state index contributed by atoms with van der Waals surface area (Å²) in [5.41, 5.74) is 1.74. The Morgan fingerprint density at radius 1 is 1.21 bits per heavy atom. The zero-order valence-corrected chi connectivity index (χ0v) is 17.5. The number of carbonyl (C=O) groups excluding carboxylic acids is 1. The highest BCUT2D eigenvalue weighted by molar-refractivity contribution is 7.11. The van der Waals surface area contributed by atoms with Gasteiger partial charge in [-0.25, -0.2) is 9.79 Å². The second-order valence-corrected chi connectivity index (χ2v) is 8.39. The number of nitrogens with zero attached hydrogens (tertiary/aromatic N) is 2. The second kappa shape index (κ2) is 8.14. The first kappa shape index (κ1) is 19.3. The molecule has 0 fully saturated rings. The Labute approximate surface area is 175 Å². The number of methoxy groups -OCH3 is 1. The van der Waals surface area contributed by atoms with Crippen LogP contribution in [0.15, 0.2) is 75.0 Å². The van der Waals surface area contributed by atoms with Crippen molar-refractivity contribution in [1.82, 2.24) is 4.57 Å². The molecule has 5 nitrogen and oxygen atoms in total. The number of allylic oxidation sites excluding steroid dienone is 2. The molecule has 1 aromatic carbocycles. The molecule has 29 heavy (non-hydrogen) atoms. The van der Waals surface area contributed by atoms with E-state index in [-0.39, 0.29) is 5.56 Å². The lowest BCUT2D eigenvalue weighted by Crippen LogP contribution is -2.38. The predicted molar refractivity (Wildman–Crippen MR) is 116 cm³/mol. The number of hydrogen-bond donors (Lipinski definition) is 0. The molecule has 0 saturated heterocycles. The van der Waals surface area contributed by atoms with Gasteiger partial charge in [-0.05, 0) is 30.0 Å². The molecule has 146 valence electrons. The molecule has 1 aliphatic heterocycles. The third-order valence-electron chi connectivity index (χ3n) is 4.56. The van der Waals surface area contributed by atoms with Crippen LogP contribution in [0.5, 0.6) is 0 Å². The van der Waals surface area contributed by atoms with Crippen LogP contribution in [0.25, 0.3) is 12.2 Å². The number of thiazole rings is 1. The van der Waals surface area contributed by atoms with Gasteiger partial charge in [-0.15, -0.1) is 11.3 Å². The number of ether oxygens (including phenoxy) is 1. The smallest absolute Gasteiger partial charge is 0.338 e. The maximum Gasteiger partial charge on any atom is 0.338 e. The van der Waals surface area contributed by atoms with Crippen LogP contribution in [0.3, 0.4) is 0 Å². The van der Waals surface area contributed by atoms with Crippen molar-refractivity contribution < 1.29 is 9.53 Å². The molecule has 0 spiro atoms. The minimum Gasteiger partial charge on any atom is -0.466 e. The van der Waals surface area contributed by atoms with Gasteiger partial charge in [-0.1, -0.05) is 59.9 Å². The number of fused-ring (bicyclic) bond motifs is 1. The zero-order valence-electron chi connectivity index (χ0n) is 15.9. The summed E-state index contributed by atoms with van der Waals surface area (Å²) < 4.78 is 7.14. The van der Waals surface area contributed by atoms with E-state index in [2.05, 4.69) is 4.99 Å². The SMILES string of the molecule is COC(=O)C1=C(C)N=c2s/c(=C\c3cccs3)c(=O)n2[C@H]1/C=C/c1ccccc1. The Morgan fingerprint density at radius 3 is 2.69 bits per heavy atom. The van der Waals surface area contributed by atoms with Crippen molar-refractivity contribution in [2.24, 2.45) is 4.99 Å². The molecule has 0 aliphatic carbocycles. The lowest BCUT2D eigenvalue weighted by Gasteiger charge is -2.21. The van der Waals surface area contributed by atoms with E-state index in [9.17, 15) is 9.59 Å². The summed E-state index contributed by atoms with van der Waals surface area (Å²) in [6, 6.07) is 13.1. The lowest BCUT2D eigenvalue weighted by atomic mass is 10.0. The number of thiophene rings is 1. The van der Waals surface area contributed by atoms with Gasteiger partial charge in [0.2, 0.25) is 0 Å². The molecule has 4 rings (SSSR count). The minimum atomic E-state index is -0.579. The molecule has 3 heterocycles. The normalized spacial score (nSPS) is 16.8. The average Bonchev–Trinajstić information content (AvgIpc) is 3.34. The zero-order chi connectivity index (χ0) is 20.4.